The summed E-state index contributed by atoms with van der Waals surface area (Å²) in [6, 6.07) is 0. The van der Waals surface area contributed by atoms with E-state index in [-0.39, 0.29) is 48.1 Å². The molecule has 0 unspecified atom stereocenters. The van der Waals surface area contributed by atoms with Gasteiger partial charge in [0.1, 0.15) is 0 Å². The van der Waals surface area contributed by atoms with E-state index in [1.54, 1.807) is 48.6 Å². The van der Waals surface area contributed by atoms with Gasteiger partial charge in [0.15, 0.2) is 0 Å². The maximum atomic E-state index is 8.74. The summed E-state index contributed by atoms with van der Waals surface area (Å²) in [4.78, 5) is 0. The Bertz CT molecular complexity index is 723. The molecule has 0 heterocycles. The van der Waals surface area contributed by atoms with Crippen molar-refractivity contribution in [3.8, 4) is 0 Å². The molecule has 0 saturated carbocycles. The molecule has 0 aromatic rings. The fourth-order valence-electron chi connectivity index (χ4n) is 4.92. The molecule has 61 heavy (non-hydrogen) atoms. The Labute approximate surface area is 386 Å². The van der Waals surface area contributed by atoms with Gasteiger partial charge in [-0.25, -0.2) is 0 Å². The van der Waals surface area contributed by atoms with Crippen LogP contribution < -0.4 is 0 Å². The molecular formula is C48H88O12Ti. The zero-order valence-electron chi connectivity index (χ0n) is 37.9. The van der Waals surface area contributed by atoms with E-state index in [4.69, 9.17) is 58.3 Å². The van der Waals surface area contributed by atoms with E-state index in [1.165, 1.54) is 0 Å². The van der Waals surface area contributed by atoms with Crippen LogP contribution in [0.5, 0.6) is 0 Å². The minimum absolute atomic E-state index is 0. The van der Waals surface area contributed by atoms with Crippen molar-refractivity contribution in [1.29, 1.82) is 0 Å². The molecule has 0 aromatic carbocycles. The fraction of sp³-hybridized carbons (Fsp3) is 0.667. The van der Waals surface area contributed by atoms with Crippen molar-refractivity contribution in [3.05, 3.63) is 101 Å². The Morgan fingerprint density at radius 2 is 0.410 bits per heavy atom. The van der Waals surface area contributed by atoms with Gasteiger partial charge in [-0.05, 0) is 51.4 Å². The van der Waals surface area contributed by atoms with Crippen LogP contribution in [0.2, 0.25) is 0 Å². The maximum Gasteiger partial charge on any atom is 0.0644 e. The van der Waals surface area contributed by atoms with Gasteiger partial charge in [-0.3, -0.25) is 0 Å². The molecular weight excluding hydrogens is 816 g/mol. The second-order valence-corrected chi connectivity index (χ2v) is 13.5. The fourth-order valence-corrected chi connectivity index (χ4v) is 4.92. The first-order chi connectivity index (χ1) is 29.4. The molecule has 0 radical (unpaired) electrons. The number of rotatable bonds is 44. The molecule has 0 aliphatic heterocycles. The Morgan fingerprint density at radius 1 is 0.279 bits per heavy atom. The van der Waals surface area contributed by atoms with Crippen molar-refractivity contribution in [2.45, 2.75) is 51.4 Å². The molecule has 356 valence electrons. The van der Waals surface area contributed by atoms with Gasteiger partial charge in [-0.15, -0.1) is 52.6 Å². The van der Waals surface area contributed by atoms with Gasteiger partial charge in [-0.1, -0.05) is 48.6 Å². The summed E-state index contributed by atoms with van der Waals surface area (Å²) in [6.07, 6.45) is 20.7. The van der Waals surface area contributed by atoms with Crippen LogP contribution in [0.15, 0.2) is 101 Å². The van der Waals surface area contributed by atoms with Crippen molar-refractivity contribution in [2.24, 2.45) is 23.7 Å². The van der Waals surface area contributed by atoms with Crippen LogP contribution in [0.3, 0.4) is 0 Å². The summed E-state index contributed by atoms with van der Waals surface area (Å²) < 4.78 is 42.9. The molecule has 0 aliphatic carbocycles. The largest absolute Gasteiger partial charge is 0.396 e. The smallest absolute Gasteiger partial charge is 0.0644 e. The van der Waals surface area contributed by atoms with Crippen LogP contribution in [0.1, 0.15) is 51.4 Å². The zero-order chi connectivity index (χ0) is 45.4. The minimum Gasteiger partial charge on any atom is -0.396 e. The van der Waals surface area contributed by atoms with Crippen molar-refractivity contribution < 1.29 is 80.0 Å². The number of hydrogen-bond acceptors (Lipinski definition) is 12. The summed E-state index contributed by atoms with van der Waals surface area (Å²) >= 11 is 0. The standard InChI is InChI=1S/4C12H22O3.Ti/c4*1-3-8-14-10-12(6-5-7-13)11-15-9-4-2;/h4*3-4,12-13H,1-2,5-11H2;. The first-order valence-corrected chi connectivity index (χ1v) is 21.3. The van der Waals surface area contributed by atoms with E-state index >= 15 is 0 Å². The Morgan fingerprint density at radius 3 is 0.508 bits per heavy atom. The van der Waals surface area contributed by atoms with Gasteiger partial charge in [0.2, 0.25) is 0 Å². The van der Waals surface area contributed by atoms with E-state index in [1.807, 2.05) is 0 Å². The van der Waals surface area contributed by atoms with Crippen molar-refractivity contribution in [2.75, 3.05) is 132 Å². The van der Waals surface area contributed by atoms with Crippen molar-refractivity contribution >= 4 is 0 Å². The molecule has 0 amide bonds. The predicted octanol–water partition coefficient (Wildman–Crippen LogP) is 7.12. The van der Waals surface area contributed by atoms with Crippen LogP contribution in [0.4, 0.5) is 0 Å². The van der Waals surface area contributed by atoms with Crippen molar-refractivity contribution in [1.82, 2.24) is 0 Å². The van der Waals surface area contributed by atoms with Crippen LogP contribution in [-0.2, 0) is 59.6 Å². The normalized spacial score (nSPS) is 10.4. The van der Waals surface area contributed by atoms with Gasteiger partial charge in [-0.2, -0.15) is 0 Å². The third-order valence-electron chi connectivity index (χ3n) is 7.80. The van der Waals surface area contributed by atoms with E-state index in [0.29, 0.717) is 129 Å². The molecule has 0 rings (SSSR count). The van der Waals surface area contributed by atoms with Gasteiger partial charge in [0.25, 0.3) is 0 Å². The molecule has 0 fully saturated rings. The minimum atomic E-state index is 0. The van der Waals surface area contributed by atoms with E-state index in [9.17, 15) is 0 Å². The van der Waals surface area contributed by atoms with Crippen LogP contribution in [0, 0.1) is 23.7 Å². The first-order valence-electron chi connectivity index (χ1n) is 21.3. The molecule has 12 nitrogen and oxygen atoms in total. The third-order valence-corrected chi connectivity index (χ3v) is 7.80. The molecule has 0 aromatic heterocycles. The summed E-state index contributed by atoms with van der Waals surface area (Å²) in [7, 11) is 0. The van der Waals surface area contributed by atoms with E-state index in [2.05, 4.69) is 52.6 Å². The number of aliphatic hydroxyl groups is 4. The number of ether oxygens (including phenoxy) is 8. The number of hydrogen-bond donors (Lipinski definition) is 4. The summed E-state index contributed by atoms with van der Waals surface area (Å²) in [6.45, 7) is 39.4. The quantitative estimate of drug-likeness (QED) is 0.0280. The van der Waals surface area contributed by atoms with Gasteiger partial charge in [0.05, 0.1) is 106 Å². The zero-order valence-corrected chi connectivity index (χ0v) is 39.5. The monoisotopic (exact) mass is 905 g/mol. The summed E-state index contributed by atoms with van der Waals surface area (Å²) in [5.74, 6) is 1.38. The van der Waals surface area contributed by atoms with E-state index < -0.39 is 0 Å². The molecule has 0 aliphatic rings. The third kappa shape index (κ3) is 62.5. The average Bonchev–Trinajstić information content (AvgIpc) is 3.26. The van der Waals surface area contributed by atoms with Gasteiger partial charge >= 0.3 is 0 Å². The topological polar surface area (TPSA) is 155 Å². The Hall–Kier alpha value is -1.85. The summed E-state index contributed by atoms with van der Waals surface area (Å²) in [5.41, 5.74) is 0. The Kier molecular flexibility index (Phi) is 72.4. The van der Waals surface area contributed by atoms with Crippen LogP contribution >= 0.6 is 0 Å². The first kappa shape index (κ1) is 68.2. The van der Waals surface area contributed by atoms with Crippen LogP contribution in [0.25, 0.3) is 0 Å². The predicted molar refractivity (Wildman–Crippen MR) is 247 cm³/mol. The molecule has 0 bridgehead atoms. The van der Waals surface area contributed by atoms with E-state index in [0.717, 1.165) is 51.4 Å². The molecule has 0 spiro atoms. The SMILES string of the molecule is C=CCOCC(CCCO)COCC=C.C=CCOCC(CCCO)COCC=C.C=CCOCC(CCCO)COCC=C.C=CCOCC(CCCO)COCC=C.[Ti]. The van der Waals surface area contributed by atoms with Crippen molar-refractivity contribution in [3.63, 3.8) is 0 Å². The number of aliphatic hydroxyl groups excluding tert-OH is 4. The molecule has 0 saturated heterocycles. The average molecular weight is 905 g/mol. The molecule has 4 N–H and O–H groups in total. The van der Waals surface area contributed by atoms with Gasteiger partial charge < -0.3 is 58.3 Å². The second kappa shape index (κ2) is 64.8. The second-order valence-electron chi connectivity index (χ2n) is 13.5. The van der Waals surface area contributed by atoms with Crippen LogP contribution in [-0.4, -0.2) is 153 Å². The molecule has 13 heteroatoms. The van der Waals surface area contributed by atoms with Gasteiger partial charge in [0, 0.05) is 71.8 Å². The Balaban J connectivity index is -0.000000227. The molecule has 0 atom stereocenters. The summed E-state index contributed by atoms with van der Waals surface area (Å²) in [5, 5.41) is 35.0. The maximum absolute atomic E-state index is 8.74.